The average molecular weight is 370 g/mol. The highest BCUT2D eigenvalue weighted by Crippen LogP contribution is 2.29. The molecule has 2 N–H and O–H groups in total. The second kappa shape index (κ2) is 6.45. The molecular weight excluding hydrogens is 352 g/mol. The number of nitrogens with zero attached hydrogens (tertiary/aromatic N) is 7. The maximum Gasteiger partial charge on any atom is 0.221 e. The van der Waals surface area contributed by atoms with Gasteiger partial charge in [-0.15, -0.1) is 5.10 Å². The van der Waals surface area contributed by atoms with E-state index in [2.05, 4.69) is 39.2 Å². The van der Waals surface area contributed by atoms with Crippen molar-refractivity contribution in [2.24, 2.45) is 5.10 Å². The molecule has 8 nitrogen and oxygen atoms in total. The van der Waals surface area contributed by atoms with Gasteiger partial charge in [0.2, 0.25) is 11.7 Å². The van der Waals surface area contributed by atoms with Gasteiger partial charge in [-0.3, -0.25) is 0 Å². The summed E-state index contributed by atoms with van der Waals surface area (Å²) in [7, 11) is 0. The molecule has 0 bridgehead atoms. The van der Waals surface area contributed by atoms with E-state index >= 15 is 0 Å². The number of fused-ring (bicyclic) bond motifs is 1. The van der Waals surface area contributed by atoms with Gasteiger partial charge in [-0.2, -0.15) is 0 Å². The van der Waals surface area contributed by atoms with Gasteiger partial charge >= 0.3 is 0 Å². The molecule has 0 unspecified atom stereocenters. The highest BCUT2D eigenvalue weighted by molar-refractivity contribution is 6.35. The zero-order chi connectivity index (χ0) is 18.3. The van der Waals surface area contributed by atoms with Crippen molar-refractivity contribution in [1.82, 2.24) is 25.0 Å². The van der Waals surface area contributed by atoms with Crippen LogP contribution in [0, 0.1) is 0 Å². The number of para-hydroxylation sites is 1. The van der Waals surface area contributed by atoms with Crippen molar-refractivity contribution in [2.45, 2.75) is 32.9 Å². The van der Waals surface area contributed by atoms with E-state index in [0.717, 1.165) is 11.8 Å². The molecule has 26 heavy (non-hydrogen) atoms. The largest absolute Gasteiger partial charge is 0.368 e. The van der Waals surface area contributed by atoms with Gasteiger partial charge in [-0.05, 0) is 25.0 Å². The molecule has 0 aliphatic carbocycles. The number of hydrogen-bond donors (Lipinski definition) is 1. The monoisotopic (exact) mass is 369 g/mol. The second-order valence-corrected chi connectivity index (χ2v) is 6.78. The number of aromatic nitrogens is 5. The van der Waals surface area contributed by atoms with Gasteiger partial charge in [-0.1, -0.05) is 33.6 Å². The lowest BCUT2D eigenvalue weighted by Crippen LogP contribution is -2.23. The topological polar surface area (TPSA) is 97.9 Å². The Morgan fingerprint density at radius 2 is 2.15 bits per heavy atom. The Morgan fingerprint density at radius 1 is 1.31 bits per heavy atom. The van der Waals surface area contributed by atoms with Crippen LogP contribution in [-0.4, -0.2) is 47.6 Å². The molecule has 3 heterocycles. The zero-order valence-corrected chi connectivity index (χ0v) is 15.2. The maximum absolute atomic E-state index is 6.24. The lowest BCUT2D eigenvalue weighted by molar-refractivity contribution is -0.562. The number of benzene rings is 1. The van der Waals surface area contributed by atoms with Crippen molar-refractivity contribution in [3.8, 4) is 11.4 Å². The van der Waals surface area contributed by atoms with Crippen LogP contribution in [0.15, 0.2) is 29.5 Å². The van der Waals surface area contributed by atoms with Crippen molar-refractivity contribution in [1.29, 1.82) is 0 Å². The summed E-state index contributed by atoms with van der Waals surface area (Å²) in [6.45, 7) is 4.83. The van der Waals surface area contributed by atoms with Gasteiger partial charge in [0.15, 0.2) is 6.04 Å². The molecule has 0 spiro atoms. The van der Waals surface area contributed by atoms with Crippen LogP contribution in [0.4, 0.5) is 5.95 Å². The number of hydrogen-bond acceptors (Lipinski definition) is 6. The van der Waals surface area contributed by atoms with E-state index in [0.29, 0.717) is 34.5 Å². The summed E-state index contributed by atoms with van der Waals surface area (Å²) in [5.74, 6) is 0.153. The van der Waals surface area contributed by atoms with Gasteiger partial charge in [-0.25, -0.2) is 14.6 Å². The lowest BCUT2D eigenvalue weighted by atomic mass is 10.1. The Morgan fingerprint density at radius 3 is 2.96 bits per heavy atom. The van der Waals surface area contributed by atoms with Crippen molar-refractivity contribution in [3.63, 3.8) is 0 Å². The van der Waals surface area contributed by atoms with Crippen LogP contribution in [0.1, 0.15) is 20.3 Å². The number of halogens is 1. The van der Waals surface area contributed by atoms with Crippen molar-refractivity contribution >= 4 is 40.4 Å². The zero-order valence-electron chi connectivity index (χ0n) is 14.5. The van der Waals surface area contributed by atoms with E-state index in [9.17, 15) is 0 Å². The minimum Gasteiger partial charge on any atom is -0.368 e. The molecule has 0 amide bonds. The van der Waals surface area contributed by atoms with Crippen LogP contribution < -0.4 is 5.73 Å². The molecule has 0 fully saturated rings. The smallest absolute Gasteiger partial charge is 0.221 e. The van der Waals surface area contributed by atoms with Crippen LogP contribution in [0.5, 0.6) is 0 Å². The first-order chi connectivity index (χ1) is 12.5. The fourth-order valence-corrected chi connectivity index (χ4v) is 3.26. The molecule has 0 radical (unpaired) electrons. The van der Waals surface area contributed by atoms with Crippen LogP contribution >= 0.6 is 11.6 Å². The Bertz CT molecular complexity index is 1050. The van der Waals surface area contributed by atoms with E-state index in [-0.39, 0.29) is 5.95 Å². The first-order valence-electron chi connectivity index (χ1n) is 8.31. The van der Waals surface area contributed by atoms with Crippen LogP contribution in [0.2, 0.25) is 5.02 Å². The quantitative estimate of drug-likeness (QED) is 0.712. The highest BCUT2D eigenvalue weighted by atomic mass is 35.5. The number of rotatable bonds is 4. The highest BCUT2D eigenvalue weighted by Gasteiger charge is 2.24. The summed E-state index contributed by atoms with van der Waals surface area (Å²) < 4.78 is 3.79. The summed E-state index contributed by atoms with van der Waals surface area (Å²) in [4.78, 5) is 8.58. The molecular formula is C17H18ClN8+. The van der Waals surface area contributed by atoms with E-state index < -0.39 is 0 Å². The fraction of sp³-hybridized carbons (Fsp3) is 0.294. The summed E-state index contributed by atoms with van der Waals surface area (Å²) in [5.41, 5.74) is 8.88. The molecule has 3 aromatic rings. The van der Waals surface area contributed by atoms with Crippen molar-refractivity contribution in [2.75, 3.05) is 5.73 Å². The van der Waals surface area contributed by atoms with Crippen LogP contribution in [0.3, 0.4) is 0 Å². The summed E-state index contributed by atoms with van der Waals surface area (Å²) in [6.07, 6.45) is 4.58. The van der Waals surface area contributed by atoms with E-state index in [1.54, 1.807) is 10.7 Å². The Balaban J connectivity index is 1.72. The van der Waals surface area contributed by atoms with Gasteiger partial charge < -0.3 is 5.73 Å². The van der Waals surface area contributed by atoms with E-state index in [1.807, 2.05) is 29.2 Å². The number of nitrogens with two attached hydrogens (primary N) is 1. The average Bonchev–Trinajstić information content (AvgIpc) is 3.25. The molecule has 9 heteroatoms. The van der Waals surface area contributed by atoms with Gasteiger partial charge in [0, 0.05) is 5.39 Å². The third-order valence-corrected chi connectivity index (χ3v) is 4.47. The number of hydrazone groups is 1. The van der Waals surface area contributed by atoms with E-state index in [1.165, 1.54) is 5.71 Å². The van der Waals surface area contributed by atoms with Crippen LogP contribution in [-0.2, 0) is 6.54 Å². The number of nitrogen functional groups attached to an aromatic ring is 1. The molecule has 4 rings (SSSR count). The molecule has 0 atom stereocenters. The van der Waals surface area contributed by atoms with E-state index in [4.69, 9.17) is 17.3 Å². The Hall–Kier alpha value is -2.87. The second-order valence-electron chi connectivity index (χ2n) is 6.37. The summed E-state index contributed by atoms with van der Waals surface area (Å²) in [6, 6.07) is 5.83. The first-order valence-corrected chi connectivity index (χ1v) is 8.69. The predicted molar refractivity (Wildman–Crippen MR) is 101 cm³/mol. The predicted octanol–water partition coefficient (Wildman–Crippen LogP) is 2.38. The van der Waals surface area contributed by atoms with Gasteiger partial charge in [0.05, 0.1) is 29.4 Å². The fourth-order valence-electron chi connectivity index (χ4n) is 3.05. The van der Waals surface area contributed by atoms with Gasteiger partial charge in [0.1, 0.15) is 17.9 Å². The van der Waals surface area contributed by atoms with Crippen LogP contribution in [0.25, 0.3) is 22.3 Å². The van der Waals surface area contributed by atoms with Gasteiger partial charge in [0.25, 0.3) is 0 Å². The maximum atomic E-state index is 6.24. The molecule has 132 valence electrons. The molecule has 2 aromatic heterocycles. The van der Waals surface area contributed by atoms with Crippen molar-refractivity contribution in [3.05, 3.63) is 29.4 Å². The Labute approximate surface area is 155 Å². The third kappa shape index (κ3) is 2.92. The Kier molecular flexibility index (Phi) is 4.12. The first kappa shape index (κ1) is 16.6. The number of anilines is 1. The summed E-state index contributed by atoms with van der Waals surface area (Å²) in [5, 5.41) is 14.2. The minimum atomic E-state index is 0.153. The molecule has 0 saturated carbocycles. The normalized spacial score (nSPS) is 14.2. The molecule has 1 aliphatic rings. The standard InChI is InChI=1S/C17H18ClN8/c1-10(2)26-11(6-7-20-26)8-25-9-14(23-24-25)16-12-4-3-5-13(18)15(12)21-17(19)22-16/h3-5,7,9-10H,6,8H2,1-2H3,(H2,19,21,22)/q+1. The SMILES string of the molecule is CC(C)[N+]1=C(Cn2cc(-c3nc(N)nc4c(Cl)cccc34)nn2)CC=N1. The van der Waals surface area contributed by atoms with Crippen molar-refractivity contribution < 1.29 is 4.68 Å². The third-order valence-electron chi connectivity index (χ3n) is 4.17. The lowest BCUT2D eigenvalue weighted by Gasteiger charge is -2.05. The minimum absolute atomic E-state index is 0.153. The molecule has 0 saturated heterocycles. The summed E-state index contributed by atoms with van der Waals surface area (Å²) >= 11 is 6.24. The molecule has 1 aliphatic heterocycles. The molecule has 1 aromatic carbocycles.